The molecule has 0 spiro atoms. The number of hydrogen-bond donors (Lipinski definition) is 1. The number of carbonyl (C=O) groups is 2. The predicted octanol–water partition coefficient (Wildman–Crippen LogP) is 2.84. The Kier molecular flexibility index (Phi) is 5.49. The molecule has 1 unspecified atom stereocenters. The van der Waals surface area contributed by atoms with Crippen LogP contribution >= 0.6 is 0 Å². The third kappa shape index (κ3) is 4.47. The molecule has 0 radical (unpaired) electrons. The van der Waals surface area contributed by atoms with Crippen molar-refractivity contribution in [1.82, 2.24) is 10.2 Å². The Bertz CT molecular complexity index is 743. The second-order valence-electron chi connectivity index (χ2n) is 6.59. The fourth-order valence-electron chi connectivity index (χ4n) is 3.30. The third-order valence-electron chi connectivity index (χ3n) is 4.62. The first-order chi connectivity index (χ1) is 12.1. The van der Waals surface area contributed by atoms with E-state index in [1.807, 2.05) is 36.4 Å². The van der Waals surface area contributed by atoms with Gasteiger partial charge in [0.2, 0.25) is 11.8 Å². The highest BCUT2D eigenvalue weighted by Gasteiger charge is 2.35. The van der Waals surface area contributed by atoms with Gasteiger partial charge in [0, 0.05) is 19.5 Å². The Hall–Kier alpha value is -2.62. The van der Waals surface area contributed by atoms with Crippen molar-refractivity contribution in [3.63, 3.8) is 0 Å². The zero-order valence-corrected chi connectivity index (χ0v) is 14.6. The number of nitrogens with zero attached hydrogens (tertiary/aromatic N) is 1. The molecule has 1 N–H and O–H groups in total. The summed E-state index contributed by atoms with van der Waals surface area (Å²) in [6.45, 7) is 3.15. The number of hydrogen-bond acceptors (Lipinski definition) is 2. The number of likely N-dealkylation sites (tertiary alicyclic amines) is 1. The van der Waals surface area contributed by atoms with Gasteiger partial charge in [-0.2, -0.15) is 0 Å². The van der Waals surface area contributed by atoms with Gasteiger partial charge in [0.1, 0.15) is 6.04 Å². The highest BCUT2D eigenvalue weighted by molar-refractivity contribution is 5.90. The summed E-state index contributed by atoms with van der Waals surface area (Å²) in [4.78, 5) is 26.4. The van der Waals surface area contributed by atoms with Crippen molar-refractivity contribution < 1.29 is 9.59 Å². The Labute approximate surface area is 148 Å². The molecule has 1 saturated heterocycles. The Morgan fingerprint density at radius 2 is 1.88 bits per heavy atom. The molecule has 1 atom stereocenters. The van der Waals surface area contributed by atoms with Crippen molar-refractivity contribution in [3.05, 3.63) is 71.3 Å². The Morgan fingerprint density at radius 1 is 1.12 bits per heavy atom. The smallest absolute Gasteiger partial charge is 0.242 e. The van der Waals surface area contributed by atoms with Gasteiger partial charge in [-0.25, -0.2) is 0 Å². The minimum absolute atomic E-state index is 0.0468. The summed E-state index contributed by atoms with van der Waals surface area (Å²) in [5, 5.41) is 3.00. The van der Waals surface area contributed by atoms with E-state index in [4.69, 9.17) is 0 Å². The lowest BCUT2D eigenvalue weighted by atomic mass is 10.1. The van der Waals surface area contributed by atoms with Crippen LogP contribution in [0.1, 0.15) is 29.5 Å². The molecule has 2 aromatic carbocycles. The third-order valence-corrected chi connectivity index (χ3v) is 4.62. The summed E-state index contributed by atoms with van der Waals surface area (Å²) >= 11 is 0. The molecular weight excluding hydrogens is 312 g/mol. The van der Waals surface area contributed by atoms with E-state index in [0.717, 1.165) is 12.0 Å². The van der Waals surface area contributed by atoms with Crippen molar-refractivity contribution in [1.29, 1.82) is 0 Å². The van der Waals surface area contributed by atoms with Crippen LogP contribution in [0.25, 0.3) is 0 Å². The van der Waals surface area contributed by atoms with Gasteiger partial charge in [0.05, 0.1) is 0 Å². The molecule has 3 rings (SSSR count). The topological polar surface area (TPSA) is 49.4 Å². The number of amides is 2. The molecule has 0 aliphatic carbocycles. The number of carbonyl (C=O) groups excluding carboxylic acids is 2. The highest BCUT2D eigenvalue weighted by atomic mass is 16.2. The molecular formula is C21H24N2O2. The van der Waals surface area contributed by atoms with Crippen molar-refractivity contribution in [2.75, 3.05) is 6.54 Å². The largest absolute Gasteiger partial charge is 0.354 e. The number of nitrogens with one attached hydrogen (secondary N) is 1. The summed E-state index contributed by atoms with van der Waals surface area (Å²) in [5.41, 5.74) is 3.48. The lowest BCUT2D eigenvalue weighted by Crippen LogP contribution is -2.44. The van der Waals surface area contributed by atoms with Gasteiger partial charge in [0.25, 0.3) is 0 Å². The number of benzene rings is 2. The average Bonchev–Trinajstić information content (AvgIpc) is 2.97. The minimum atomic E-state index is -0.356. The second-order valence-corrected chi connectivity index (χ2v) is 6.59. The molecule has 0 saturated carbocycles. The first kappa shape index (κ1) is 17.2. The van der Waals surface area contributed by atoms with Crippen LogP contribution in [0, 0.1) is 6.92 Å². The summed E-state index contributed by atoms with van der Waals surface area (Å²) in [5.74, 6) is 0.0112. The molecule has 4 heteroatoms. The lowest BCUT2D eigenvalue weighted by Gasteiger charge is -2.24. The van der Waals surface area contributed by atoms with Gasteiger partial charge in [-0.05, 0) is 30.9 Å². The van der Waals surface area contributed by atoms with Crippen LogP contribution in [0.4, 0.5) is 0 Å². The quantitative estimate of drug-likeness (QED) is 0.882. The average molecular weight is 336 g/mol. The van der Waals surface area contributed by atoms with Crippen LogP contribution in [0.3, 0.4) is 0 Å². The molecule has 4 nitrogen and oxygen atoms in total. The first-order valence-electron chi connectivity index (χ1n) is 8.80. The molecule has 2 amide bonds. The van der Waals surface area contributed by atoms with Crippen LogP contribution in [0.2, 0.25) is 0 Å². The summed E-state index contributed by atoms with van der Waals surface area (Å²) in [6, 6.07) is 17.8. The SMILES string of the molecule is Cc1cccc(CCNC(=O)C2CCC(=O)N2Cc2ccccc2)c1. The van der Waals surface area contributed by atoms with Crippen LogP contribution in [-0.2, 0) is 22.6 Å². The van der Waals surface area contributed by atoms with Crippen molar-refractivity contribution >= 4 is 11.8 Å². The van der Waals surface area contributed by atoms with E-state index in [0.29, 0.717) is 25.9 Å². The van der Waals surface area contributed by atoms with Gasteiger partial charge in [0.15, 0.2) is 0 Å². The van der Waals surface area contributed by atoms with Crippen LogP contribution < -0.4 is 5.32 Å². The molecule has 0 aromatic heterocycles. The van der Waals surface area contributed by atoms with Crippen LogP contribution in [0.15, 0.2) is 54.6 Å². The van der Waals surface area contributed by atoms with Gasteiger partial charge in [-0.3, -0.25) is 9.59 Å². The molecule has 0 bridgehead atoms. The van der Waals surface area contributed by atoms with Crippen molar-refractivity contribution in [2.24, 2.45) is 0 Å². The van der Waals surface area contributed by atoms with Gasteiger partial charge < -0.3 is 10.2 Å². The van der Waals surface area contributed by atoms with E-state index >= 15 is 0 Å². The van der Waals surface area contributed by atoms with Gasteiger partial charge in [-0.15, -0.1) is 0 Å². The number of aryl methyl sites for hydroxylation is 1. The van der Waals surface area contributed by atoms with Crippen molar-refractivity contribution in [2.45, 2.75) is 38.8 Å². The highest BCUT2D eigenvalue weighted by Crippen LogP contribution is 2.21. The molecule has 1 fully saturated rings. The lowest BCUT2D eigenvalue weighted by molar-refractivity contribution is -0.135. The first-order valence-corrected chi connectivity index (χ1v) is 8.80. The van der Waals surface area contributed by atoms with E-state index in [2.05, 4.69) is 30.4 Å². The van der Waals surface area contributed by atoms with E-state index < -0.39 is 0 Å². The van der Waals surface area contributed by atoms with Crippen LogP contribution in [0.5, 0.6) is 0 Å². The molecule has 2 aromatic rings. The standard InChI is InChI=1S/C21H24N2O2/c1-16-6-5-9-17(14-16)12-13-22-21(25)19-10-11-20(24)23(19)15-18-7-3-2-4-8-18/h2-9,14,19H,10-13,15H2,1H3,(H,22,25). The van der Waals surface area contributed by atoms with E-state index in [-0.39, 0.29) is 17.9 Å². The molecule has 1 heterocycles. The number of rotatable bonds is 6. The monoisotopic (exact) mass is 336 g/mol. The summed E-state index contributed by atoms with van der Waals surface area (Å²) in [6.07, 6.45) is 1.84. The Morgan fingerprint density at radius 3 is 2.64 bits per heavy atom. The van der Waals surface area contributed by atoms with E-state index in [1.54, 1.807) is 4.90 Å². The van der Waals surface area contributed by atoms with Gasteiger partial charge >= 0.3 is 0 Å². The maximum Gasteiger partial charge on any atom is 0.242 e. The molecule has 130 valence electrons. The van der Waals surface area contributed by atoms with E-state index in [1.165, 1.54) is 11.1 Å². The second kappa shape index (κ2) is 7.97. The van der Waals surface area contributed by atoms with Crippen molar-refractivity contribution in [3.8, 4) is 0 Å². The molecule has 1 aliphatic heterocycles. The maximum atomic E-state index is 12.5. The normalized spacial score (nSPS) is 16.9. The zero-order valence-electron chi connectivity index (χ0n) is 14.6. The predicted molar refractivity (Wildman–Crippen MR) is 97.9 cm³/mol. The zero-order chi connectivity index (χ0) is 17.6. The summed E-state index contributed by atoms with van der Waals surface area (Å²) in [7, 11) is 0. The molecule has 25 heavy (non-hydrogen) atoms. The Balaban J connectivity index is 1.55. The van der Waals surface area contributed by atoms with E-state index in [9.17, 15) is 9.59 Å². The maximum absolute atomic E-state index is 12.5. The van der Waals surface area contributed by atoms with Gasteiger partial charge in [-0.1, -0.05) is 60.2 Å². The fourth-order valence-corrected chi connectivity index (χ4v) is 3.30. The van der Waals surface area contributed by atoms with Crippen LogP contribution in [-0.4, -0.2) is 29.3 Å². The summed E-state index contributed by atoms with van der Waals surface area (Å²) < 4.78 is 0. The fraction of sp³-hybridized carbons (Fsp3) is 0.333. The molecule has 1 aliphatic rings. The minimum Gasteiger partial charge on any atom is -0.354 e.